The molecule has 0 saturated heterocycles. The molecule has 0 bridgehead atoms. The number of aliphatic hydroxyl groups excluding tert-OH is 1. The number of allylic oxidation sites excluding steroid dienone is 1. The molecule has 2 nitrogen and oxygen atoms in total. The summed E-state index contributed by atoms with van der Waals surface area (Å²) in [6.07, 6.45) is 1.17. The highest BCUT2D eigenvalue weighted by molar-refractivity contribution is 5.97. The fourth-order valence-corrected chi connectivity index (χ4v) is 4.61. The molecular formula is C15H22O2. The smallest absolute Gasteiger partial charge is 0.158 e. The molecule has 1 N–H and O–H groups in total. The molecule has 5 atom stereocenters. The first kappa shape index (κ1) is 11.5. The lowest BCUT2D eigenvalue weighted by Gasteiger charge is -2.20. The second-order valence-corrected chi connectivity index (χ2v) is 6.92. The molecule has 17 heavy (non-hydrogen) atoms. The Bertz CT molecular complexity index is 419. The van der Waals surface area contributed by atoms with Crippen molar-refractivity contribution in [2.45, 2.75) is 46.6 Å². The van der Waals surface area contributed by atoms with Crippen LogP contribution in [0.2, 0.25) is 0 Å². The van der Waals surface area contributed by atoms with E-state index in [-0.39, 0.29) is 11.9 Å². The number of hydrogen-bond acceptors (Lipinski definition) is 2. The first-order valence-corrected chi connectivity index (χ1v) is 6.77. The lowest BCUT2D eigenvalue weighted by molar-refractivity contribution is -0.116. The van der Waals surface area contributed by atoms with E-state index >= 15 is 0 Å². The van der Waals surface area contributed by atoms with Crippen LogP contribution in [0.4, 0.5) is 0 Å². The number of hydrogen-bond donors (Lipinski definition) is 1. The molecule has 0 aromatic heterocycles. The average Bonchev–Trinajstić information content (AvgIpc) is 2.65. The van der Waals surface area contributed by atoms with Gasteiger partial charge in [0.05, 0.1) is 6.10 Å². The van der Waals surface area contributed by atoms with E-state index in [2.05, 4.69) is 20.8 Å². The molecule has 2 fully saturated rings. The number of carbonyl (C=O) groups is 1. The Labute approximate surface area is 103 Å². The van der Waals surface area contributed by atoms with Crippen LogP contribution in [0.3, 0.4) is 0 Å². The molecule has 0 aromatic rings. The highest BCUT2D eigenvalue weighted by atomic mass is 16.3. The van der Waals surface area contributed by atoms with Gasteiger partial charge in [0.1, 0.15) is 0 Å². The molecule has 0 unspecified atom stereocenters. The second kappa shape index (κ2) is 3.23. The zero-order valence-corrected chi connectivity index (χ0v) is 11.2. The molecule has 94 valence electrons. The number of carbonyl (C=O) groups excluding carboxylic acids is 1. The summed E-state index contributed by atoms with van der Waals surface area (Å²) in [7, 11) is 0. The fraction of sp³-hybridized carbons (Fsp3) is 0.800. The van der Waals surface area contributed by atoms with Crippen molar-refractivity contribution in [2.24, 2.45) is 29.1 Å². The van der Waals surface area contributed by atoms with Crippen LogP contribution in [0.25, 0.3) is 0 Å². The summed E-state index contributed by atoms with van der Waals surface area (Å²) in [6, 6.07) is 0. The molecule has 2 heteroatoms. The van der Waals surface area contributed by atoms with Gasteiger partial charge in [-0.15, -0.1) is 0 Å². The Balaban J connectivity index is 2.10. The maximum absolute atomic E-state index is 12.2. The van der Waals surface area contributed by atoms with Gasteiger partial charge >= 0.3 is 0 Å². The average molecular weight is 234 g/mol. The predicted octanol–water partition coefficient (Wildman–Crippen LogP) is 2.56. The summed E-state index contributed by atoms with van der Waals surface area (Å²) < 4.78 is 0. The lowest BCUT2D eigenvalue weighted by Crippen LogP contribution is -2.17. The van der Waals surface area contributed by atoms with Gasteiger partial charge in [-0.1, -0.05) is 20.8 Å². The standard InChI is InChI=1S/C15H22O2/c1-7-5-11(17)13-8(2)10(16)6-9-14(12(7)13)15(9,3)4/h7,9,11-12,14,17H,5-6H2,1-4H3/t7-,9-,11-,12-,14-/m1/s1. The Morgan fingerprint density at radius 1 is 1.35 bits per heavy atom. The fourth-order valence-electron chi connectivity index (χ4n) is 4.61. The van der Waals surface area contributed by atoms with Crippen LogP contribution in [0.5, 0.6) is 0 Å². The van der Waals surface area contributed by atoms with Crippen molar-refractivity contribution in [3.63, 3.8) is 0 Å². The third kappa shape index (κ3) is 1.33. The summed E-state index contributed by atoms with van der Waals surface area (Å²) in [6.45, 7) is 8.72. The molecule has 0 heterocycles. The third-order valence-electron chi connectivity index (χ3n) is 5.71. The number of fused-ring (bicyclic) bond motifs is 3. The Hall–Kier alpha value is -0.630. The number of aliphatic hydroxyl groups is 1. The minimum absolute atomic E-state index is 0.274. The van der Waals surface area contributed by atoms with Crippen LogP contribution in [0, 0.1) is 29.1 Å². The Kier molecular flexibility index (Phi) is 2.17. The largest absolute Gasteiger partial charge is 0.389 e. The van der Waals surface area contributed by atoms with Crippen molar-refractivity contribution >= 4 is 5.78 Å². The predicted molar refractivity (Wildman–Crippen MR) is 66.4 cm³/mol. The topological polar surface area (TPSA) is 37.3 Å². The lowest BCUT2D eigenvalue weighted by atomic mass is 9.84. The molecule has 0 aromatic carbocycles. The van der Waals surface area contributed by atoms with Gasteiger partial charge in [0, 0.05) is 6.42 Å². The van der Waals surface area contributed by atoms with Gasteiger partial charge in [0.25, 0.3) is 0 Å². The summed E-state index contributed by atoms with van der Waals surface area (Å²) in [5.41, 5.74) is 2.25. The second-order valence-electron chi connectivity index (χ2n) is 6.92. The van der Waals surface area contributed by atoms with Gasteiger partial charge in [-0.3, -0.25) is 4.79 Å². The molecular weight excluding hydrogens is 212 g/mol. The minimum atomic E-state index is -0.367. The molecule has 3 aliphatic rings. The first-order chi connectivity index (χ1) is 7.85. The molecule has 3 rings (SSSR count). The van der Waals surface area contributed by atoms with Crippen molar-refractivity contribution in [3.8, 4) is 0 Å². The van der Waals surface area contributed by atoms with Crippen molar-refractivity contribution < 1.29 is 9.90 Å². The summed E-state index contributed by atoms with van der Waals surface area (Å²) in [4.78, 5) is 12.2. The number of Topliss-reactive ketones (excluding diaryl/α,β-unsaturated/α-hetero) is 1. The number of ketones is 1. The maximum Gasteiger partial charge on any atom is 0.158 e. The van der Waals surface area contributed by atoms with Gasteiger partial charge in [-0.05, 0) is 53.6 Å². The zero-order valence-electron chi connectivity index (χ0n) is 11.2. The Morgan fingerprint density at radius 2 is 2.00 bits per heavy atom. The van der Waals surface area contributed by atoms with Crippen molar-refractivity contribution in [2.75, 3.05) is 0 Å². The molecule has 0 radical (unpaired) electrons. The van der Waals surface area contributed by atoms with E-state index in [1.165, 1.54) is 0 Å². The summed E-state index contributed by atoms with van der Waals surface area (Å²) in [5, 5.41) is 10.2. The van der Waals surface area contributed by atoms with E-state index in [0.29, 0.717) is 35.5 Å². The monoisotopic (exact) mass is 234 g/mol. The minimum Gasteiger partial charge on any atom is -0.389 e. The highest BCUT2D eigenvalue weighted by Crippen LogP contribution is 2.69. The van der Waals surface area contributed by atoms with Crippen LogP contribution >= 0.6 is 0 Å². The third-order valence-corrected chi connectivity index (χ3v) is 5.71. The quantitative estimate of drug-likeness (QED) is 0.699. The summed E-state index contributed by atoms with van der Waals surface area (Å²) in [5.74, 6) is 2.41. The van der Waals surface area contributed by atoms with Crippen LogP contribution in [-0.2, 0) is 4.79 Å². The highest BCUT2D eigenvalue weighted by Gasteiger charge is 2.65. The van der Waals surface area contributed by atoms with Crippen LogP contribution < -0.4 is 0 Å². The van der Waals surface area contributed by atoms with Gasteiger partial charge < -0.3 is 5.11 Å². The van der Waals surface area contributed by atoms with E-state index in [1.807, 2.05) is 6.92 Å². The molecule has 3 aliphatic carbocycles. The van der Waals surface area contributed by atoms with Crippen LogP contribution in [0.1, 0.15) is 40.5 Å². The number of rotatable bonds is 0. The van der Waals surface area contributed by atoms with E-state index < -0.39 is 0 Å². The van der Waals surface area contributed by atoms with Gasteiger partial charge in [-0.2, -0.15) is 0 Å². The van der Waals surface area contributed by atoms with Gasteiger partial charge in [0.15, 0.2) is 5.78 Å². The van der Waals surface area contributed by atoms with Gasteiger partial charge in [0.2, 0.25) is 0 Å². The van der Waals surface area contributed by atoms with Crippen LogP contribution in [-0.4, -0.2) is 17.0 Å². The van der Waals surface area contributed by atoms with Gasteiger partial charge in [-0.25, -0.2) is 0 Å². The van der Waals surface area contributed by atoms with E-state index in [0.717, 1.165) is 17.6 Å². The molecule has 2 saturated carbocycles. The van der Waals surface area contributed by atoms with Crippen molar-refractivity contribution in [1.82, 2.24) is 0 Å². The van der Waals surface area contributed by atoms with E-state index in [9.17, 15) is 9.90 Å². The molecule has 0 spiro atoms. The summed E-state index contributed by atoms with van der Waals surface area (Å²) >= 11 is 0. The zero-order chi connectivity index (χ0) is 12.5. The molecule has 0 amide bonds. The molecule has 0 aliphatic heterocycles. The van der Waals surface area contributed by atoms with Crippen molar-refractivity contribution in [1.29, 1.82) is 0 Å². The SMILES string of the molecule is CC1=C2[C@H]([C@H]3[C@@H](CC1=O)C3(C)C)[C@H](C)C[C@H]2O. The normalized spacial score (nSPS) is 47.6. The van der Waals surface area contributed by atoms with Crippen molar-refractivity contribution in [3.05, 3.63) is 11.1 Å². The maximum atomic E-state index is 12.2. The van der Waals surface area contributed by atoms with E-state index in [1.54, 1.807) is 0 Å². The first-order valence-electron chi connectivity index (χ1n) is 6.77. The van der Waals surface area contributed by atoms with E-state index in [4.69, 9.17) is 0 Å². The Morgan fingerprint density at radius 3 is 2.65 bits per heavy atom. The van der Waals surface area contributed by atoms with Crippen LogP contribution in [0.15, 0.2) is 11.1 Å².